The molecule has 2 N–H and O–H groups in total. The molecule has 0 fully saturated rings. The Bertz CT molecular complexity index is 786. The number of carbonyl (C=O) groups is 2. The first-order valence-electron chi connectivity index (χ1n) is 7.66. The fraction of sp³-hybridized carbons (Fsp3) is 0.278. The number of rotatable bonds is 4. The predicted molar refractivity (Wildman–Crippen MR) is 94.9 cm³/mol. The van der Waals surface area contributed by atoms with Gasteiger partial charge in [0.1, 0.15) is 11.6 Å². The molecule has 0 saturated heterocycles. The summed E-state index contributed by atoms with van der Waals surface area (Å²) in [6.07, 6.45) is 1.35. The fourth-order valence-corrected chi connectivity index (χ4v) is 2.01. The second kappa shape index (κ2) is 7.61. The molecule has 1 aromatic carbocycles. The van der Waals surface area contributed by atoms with Crippen LogP contribution < -0.4 is 10.6 Å². The van der Waals surface area contributed by atoms with E-state index in [1.165, 1.54) is 18.3 Å². The van der Waals surface area contributed by atoms with Crippen LogP contribution in [0.25, 0.3) is 0 Å². The molecule has 0 aliphatic rings. The van der Waals surface area contributed by atoms with E-state index in [2.05, 4.69) is 15.6 Å². The van der Waals surface area contributed by atoms with Crippen LogP contribution in [-0.2, 0) is 11.3 Å². The molecule has 5 nitrogen and oxygen atoms in total. The van der Waals surface area contributed by atoms with Gasteiger partial charge in [-0.1, -0.05) is 38.4 Å². The first-order chi connectivity index (χ1) is 11.7. The van der Waals surface area contributed by atoms with Crippen LogP contribution in [0.5, 0.6) is 0 Å². The Labute approximate surface area is 150 Å². The Morgan fingerprint density at radius 3 is 2.48 bits per heavy atom. The normalized spacial score (nSPS) is 11.1. The van der Waals surface area contributed by atoms with Crippen LogP contribution in [0.2, 0.25) is 5.02 Å². The zero-order chi connectivity index (χ0) is 18.6. The summed E-state index contributed by atoms with van der Waals surface area (Å²) >= 11 is 5.69. The maximum atomic E-state index is 13.7. The van der Waals surface area contributed by atoms with Crippen molar-refractivity contribution < 1.29 is 14.0 Å². The summed E-state index contributed by atoms with van der Waals surface area (Å²) in [5, 5.41) is 5.58. The van der Waals surface area contributed by atoms with E-state index in [1.54, 1.807) is 39.0 Å². The van der Waals surface area contributed by atoms with Crippen molar-refractivity contribution >= 4 is 29.2 Å². The van der Waals surface area contributed by atoms with Gasteiger partial charge in [0, 0.05) is 28.7 Å². The van der Waals surface area contributed by atoms with Gasteiger partial charge in [0.25, 0.3) is 5.91 Å². The van der Waals surface area contributed by atoms with E-state index in [9.17, 15) is 14.0 Å². The summed E-state index contributed by atoms with van der Waals surface area (Å²) in [5.74, 6) is -0.683. The van der Waals surface area contributed by atoms with Crippen molar-refractivity contribution in [2.75, 3.05) is 5.32 Å². The zero-order valence-corrected chi connectivity index (χ0v) is 14.9. The molecule has 0 aliphatic heterocycles. The molecule has 7 heteroatoms. The lowest BCUT2D eigenvalue weighted by Gasteiger charge is -2.17. The maximum Gasteiger partial charge on any atom is 0.253 e. The number of benzene rings is 1. The van der Waals surface area contributed by atoms with Crippen molar-refractivity contribution in [2.24, 2.45) is 5.41 Å². The van der Waals surface area contributed by atoms with Crippen molar-refractivity contribution in [1.29, 1.82) is 0 Å². The summed E-state index contributed by atoms with van der Waals surface area (Å²) in [5.41, 5.74) is 0.100. The molecule has 0 saturated carbocycles. The number of hydrogen-bond acceptors (Lipinski definition) is 3. The topological polar surface area (TPSA) is 71.1 Å². The second-order valence-electron chi connectivity index (χ2n) is 6.55. The second-order valence-corrected chi connectivity index (χ2v) is 6.99. The highest BCUT2D eigenvalue weighted by Crippen LogP contribution is 2.17. The lowest BCUT2D eigenvalue weighted by molar-refractivity contribution is -0.123. The van der Waals surface area contributed by atoms with E-state index in [0.29, 0.717) is 22.0 Å². The molecule has 2 aromatic rings. The van der Waals surface area contributed by atoms with Crippen LogP contribution in [0.15, 0.2) is 36.5 Å². The maximum absolute atomic E-state index is 13.7. The average molecular weight is 364 g/mol. The predicted octanol–water partition coefficient (Wildman–Crippen LogP) is 3.79. The number of carbonyl (C=O) groups excluding carboxylic acids is 2. The number of halogens is 2. The minimum atomic E-state index is -0.541. The van der Waals surface area contributed by atoms with Gasteiger partial charge in [-0.25, -0.2) is 9.37 Å². The summed E-state index contributed by atoms with van der Waals surface area (Å²) in [7, 11) is 0. The van der Waals surface area contributed by atoms with Crippen molar-refractivity contribution in [3.8, 4) is 0 Å². The van der Waals surface area contributed by atoms with Gasteiger partial charge in [0.05, 0.1) is 5.56 Å². The molecule has 1 aromatic heterocycles. The minimum absolute atomic E-state index is 0.0321. The van der Waals surface area contributed by atoms with E-state index in [4.69, 9.17) is 11.6 Å². The van der Waals surface area contributed by atoms with Gasteiger partial charge >= 0.3 is 0 Å². The summed E-state index contributed by atoms with van der Waals surface area (Å²) in [6, 6.07) is 7.35. The van der Waals surface area contributed by atoms with Crippen molar-refractivity contribution in [3.05, 3.63) is 58.5 Å². The standard InChI is InChI=1S/C18H19ClFN3O2/c1-18(2,3)17(25)23-15-7-5-12(10-21-15)16(24)22-9-11-4-6-13(19)8-14(11)20/h4-8,10H,9H2,1-3H3,(H,22,24)(H,21,23,25). The molecule has 2 rings (SSSR count). The highest BCUT2D eigenvalue weighted by molar-refractivity contribution is 6.30. The van der Waals surface area contributed by atoms with E-state index in [0.717, 1.165) is 0 Å². The highest BCUT2D eigenvalue weighted by atomic mass is 35.5. The molecular weight excluding hydrogens is 345 g/mol. The fourth-order valence-electron chi connectivity index (χ4n) is 1.85. The van der Waals surface area contributed by atoms with Crippen LogP contribution in [0.1, 0.15) is 36.7 Å². The lowest BCUT2D eigenvalue weighted by Crippen LogP contribution is -2.28. The SMILES string of the molecule is CC(C)(C)C(=O)Nc1ccc(C(=O)NCc2ccc(Cl)cc2F)cn1. The number of nitrogens with one attached hydrogen (secondary N) is 2. The molecule has 2 amide bonds. The Balaban J connectivity index is 1.97. The molecule has 25 heavy (non-hydrogen) atoms. The molecule has 132 valence electrons. The van der Waals surface area contributed by atoms with E-state index in [-0.39, 0.29) is 12.5 Å². The van der Waals surface area contributed by atoms with Crippen LogP contribution in [0.4, 0.5) is 10.2 Å². The number of hydrogen-bond donors (Lipinski definition) is 2. The minimum Gasteiger partial charge on any atom is -0.348 e. The van der Waals surface area contributed by atoms with Gasteiger partial charge in [-0.15, -0.1) is 0 Å². The van der Waals surface area contributed by atoms with Crippen LogP contribution in [-0.4, -0.2) is 16.8 Å². The molecule has 1 heterocycles. The number of pyridine rings is 1. The van der Waals surface area contributed by atoms with Gasteiger partial charge < -0.3 is 10.6 Å². The van der Waals surface area contributed by atoms with Gasteiger partial charge in [0.2, 0.25) is 5.91 Å². The van der Waals surface area contributed by atoms with E-state index in [1.807, 2.05) is 0 Å². The van der Waals surface area contributed by atoms with E-state index < -0.39 is 17.1 Å². The van der Waals surface area contributed by atoms with Crippen LogP contribution in [0, 0.1) is 11.2 Å². The van der Waals surface area contributed by atoms with Crippen LogP contribution in [0.3, 0.4) is 0 Å². The smallest absolute Gasteiger partial charge is 0.253 e. The largest absolute Gasteiger partial charge is 0.348 e. The quantitative estimate of drug-likeness (QED) is 0.868. The number of amides is 2. The molecular formula is C18H19ClFN3O2. The Morgan fingerprint density at radius 1 is 1.20 bits per heavy atom. The third-order valence-electron chi connectivity index (χ3n) is 3.40. The Kier molecular flexibility index (Phi) is 5.74. The van der Waals surface area contributed by atoms with Crippen molar-refractivity contribution in [2.45, 2.75) is 27.3 Å². The molecule has 0 bridgehead atoms. The van der Waals surface area contributed by atoms with Gasteiger partial charge in [-0.3, -0.25) is 9.59 Å². The summed E-state index contributed by atoms with van der Waals surface area (Å²) < 4.78 is 13.7. The van der Waals surface area contributed by atoms with Crippen molar-refractivity contribution in [3.63, 3.8) is 0 Å². The highest BCUT2D eigenvalue weighted by Gasteiger charge is 2.21. The Hall–Kier alpha value is -2.47. The number of anilines is 1. The van der Waals surface area contributed by atoms with E-state index >= 15 is 0 Å². The third-order valence-corrected chi connectivity index (χ3v) is 3.64. The molecule has 0 aliphatic carbocycles. The molecule has 0 radical (unpaired) electrons. The molecule has 0 unspecified atom stereocenters. The monoisotopic (exact) mass is 363 g/mol. The summed E-state index contributed by atoms with van der Waals surface area (Å²) in [6.45, 7) is 5.41. The molecule has 0 atom stereocenters. The van der Waals surface area contributed by atoms with Crippen LogP contribution >= 0.6 is 11.6 Å². The zero-order valence-electron chi connectivity index (χ0n) is 14.2. The average Bonchev–Trinajstić information content (AvgIpc) is 2.53. The Morgan fingerprint density at radius 2 is 1.92 bits per heavy atom. The van der Waals surface area contributed by atoms with Gasteiger partial charge in [0.15, 0.2) is 0 Å². The number of nitrogens with zero attached hydrogens (tertiary/aromatic N) is 1. The van der Waals surface area contributed by atoms with Gasteiger partial charge in [-0.2, -0.15) is 0 Å². The molecule has 0 spiro atoms. The first-order valence-corrected chi connectivity index (χ1v) is 8.04. The van der Waals surface area contributed by atoms with Gasteiger partial charge in [-0.05, 0) is 24.3 Å². The number of aromatic nitrogens is 1. The first kappa shape index (κ1) is 18.9. The third kappa shape index (κ3) is 5.26. The lowest BCUT2D eigenvalue weighted by atomic mass is 9.96. The van der Waals surface area contributed by atoms with Crippen molar-refractivity contribution in [1.82, 2.24) is 10.3 Å². The summed E-state index contributed by atoms with van der Waals surface area (Å²) in [4.78, 5) is 28.0.